The second-order valence-corrected chi connectivity index (χ2v) is 4.48. The van der Waals surface area contributed by atoms with E-state index in [9.17, 15) is 14.2 Å². The van der Waals surface area contributed by atoms with Gasteiger partial charge in [-0.15, -0.1) is 0 Å². The SMILES string of the molecule is Nc1nc2c([nH]c(=O)n2COCCO[PH](=O)O)c(=O)[nH]1. The molecule has 11 nitrogen and oxygen atoms in total. The fraction of sp³-hybridized carbons (Fsp3) is 0.375. The van der Waals surface area contributed by atoms with E-state index in [0.717, 1.165) is 4.57 Å². The Hall–Kier alpha value is -1.94. The van der Waals surface area contributed by atoms with E-state index in [4.69, 9.17) is 15.4 Å². The van der Waals surface area contributed by atoms with E-state index in [2.05, 4.69) is 19.5 Å². The van der Waals surface area contributed by atoms with E-state index < -0.39 is 19.5 Å². The first-order valence-electron chi connectivity index (χ1n) is 5.41. The molecular formula is C8H12N5O6P. The van der Waals surface area contributed by atoms with E-state index in [-0.39, 0.29) is 37.1 Å². The van der Waals surface area contributed by atoms with Crippen LogP contribution in [0.25, 0.3) is 11.2 Å². The van der Waals surface area contributed by atoms with E-state index in [0.29, 0.717) is 0 Å². The minimum Gasteiger partial charge on any atom is -0.369 e. The first kappa shape index (κ1) is 14.5. The zero-order valence-electron chi connectivity index (χ0n) is 10.1. The van der Waals surface area contributed by atoms with Crippen LogP contribution in [0.5, 0.6) is 0 Å². The molecule has 0 bridgehead atoms. The first-order valence-corrected chi connectivity index (χ1v) is 6.67. The van der Waals surface area contributed by atoms with Gasteiger partial charge in [-0.1, -0.05) is 0 Å². The average Bonchev–Trinajstić information content (AvgIpc) is 2.66. The fourth-order valence-corrected chi connectivity index (χ4v) is 1.78. The van der Waals surface area contributed by atoms with E-state index in [1.165, 1.54) is 0 Å². The lowest BCUT2D eigenvalue weighted by Crippen LogP contribution is -2.19. The minimum absolute atomic E-state index is 0.00521. The molecule has 0 aliphatic rings. The number of aromatic amines is 2. The number of H-pyrrole nitrogens is 2. The molecule has 0 saturated carbocycles. The number of hydrogen-bond acceptors (Lipinski definition) is 7. The van der Waals surface area contributed by atoms with Gasteiger partial charge in [0, 0.05) is 0 Å². The second kappa shape index (κ2) is 6.01. The number of nitrogen functional groups attached to an aromatic ring is 1. The zero-order chi connectivity index (χ0) is 14.7. The van der Waals surface area contributed by atoms with Crippen molar-refractivity contribution in [2.24, 2.45) is 0 Å². The Kier molecular flexibility index (Phi) is 4.35. The largest absolute Gasteiger partial charge is 0.369 e. The lowest BCUT2D eigenvalue weighted by atomic mass is 10.5. The molecule has 2 rings (SSSR count). The summed E-state index contributed by atoms with van der Waals surface area (Å²) in [4.78, 5) is 40.0. The molecule has 110 valence electrons. The van der Waals surface area contributed by atoms with Gasteiger partial charge >= 0.3 is 13.9 Å². The van der Waals surface area contributed by atoms with Crippen molar-refractivity contribution in [3.63, 3.8) is 0 Å². The van der Waals surface area contributed by atoms with Crippen molar-refractivity contribution < 1.29 is 18.7 Å². The van der Waals surface area contributed by atoms with Gasteiger partial charge in [-0.25, -0.2) is 4.79 Å². The lowest BCUT2D eigenvalue weighted by molar-refractivity contribution is 0.0533. The van der Waals surface area contributed by atoms with Gasteiger partial charge in [0.15, 0.2) is 11.2 Å². The van der Waals surface area contributed by atoms with Gasteiger partial charge in [-0.2, -0.15) is 4.98 Å². The van der Waals surface area contributed by atoms with E-state index in [1.54, 1.807) is 0 Å². The standard InChI is InChI=1S/C8H12N5O6P/c9-7-11-5-4(6(14)12-7)10-8(15)13(5)3-18-1-2-19-20(16)17/h20H,1-3H2,(H,10,15)(H,16,17)(H3,9,11,12,14). The van der Waals surface area contributed by atoms with E-state index in [1.807, 2.05) is 0 Å². The van der Waals surface area contributed by atoms with Crippen LogP contribution in [0.3, 0.4) is 0 Å². The summed E-state index contributed by atoms with van der Waals surface area (Å²) in [5.74, 6) is -0.127. The van der Waals surface area contributed by atoms with Crippen molar-refractivity contribution in [3.05, 3.63) is 20.8 Å². The molecule has 0 aliphatic carbocycles. The normalized spacial score (nSPS) is 12.8. The van der Waals surface area contributed by atoms with Gasteiger partial charge in [0.2, 0.25) is 5.95 Å². The number of nitrogens with zero attached hydrogens (tertiary/aromatic N) is 2. The number of nitrogens with two attached hydrogens (primary N) is 1. The smallest absolute Gasteiger partial charge is 0.329 e. The highest BCUT2D eigenvalue weighted by Crippen LogP contribution is 2.13. The maximum absolute atomic E-state index is 11.7. The number of ether oxygens (including phenoxy) is 1. The number of aromatic nitrogens is 4. The number of fused-ring (bicyclic) bond motifs is 1. The van der Waals surface area contributed by atoms with E-state index >= 15 is 0 Å². The van der Waals surface area contributed by atoms with Crippen LogP contribution in [0.1, 0.15) is 0 Å². The van der Waals surface area contributed by atoms with Crippen LogP contribution in [0.15, 0.2) is 9.59 Å². The van der Waals surface area contributed by atoms with Crippen LogP contribution in [-0.2, 0) is 20.6 Å². The van der Waals surface area contributed by atoms with Crippen LogP contribution in [-0.4, -0.2) is 37.6 Å². The molecule has 0 saturated heterocycles. The summed E-state index contributed by atoms with van der Waals surface area (Å²) in [5.41, 5.74) is 4.30. The Morgan fingerprint density at radius 2 is 2.10 bits per heavy atom. The molecule has 1 atom stereocenters. The summed E-state index contributed by atoms with van der Waals surface area (Å²) in [7, 11) is -3.00. The van der Waals surface area contributed by atoms with Gasteiger partial charge in [-0.05, 0) is 0 Å². The van der Waals surface area contributed by atoms with Crippen molar-refractivity contribution in [3.8, 4) is 0 Å². The quantitative estimate of drug-likeness (QED) is 0.364. The topological polar surface area (TPSA) is 165 Å². The highest BCUT2D eigenvalue weighted by atomic mass is 31.1. The predicted molar refractivity (Wildman–Crippen MR) is 68.5 cm³/mol. The maximum atomic E-state index is 11.7. The van der Waals surface area contributed by atoms with Crippen LogP contribution in [0.4, 0.5) is 5.95 Å². The van der Waals surface area contributed by atoms with Crippen molar-refractivity contribution in [1.82, 2.24) is 19.5 Å². The summed E-state index contributed by atoms with van der Waals surface area (Å²) in [6.07, 6.45) is 0. The Morgan fingerprint density at radius 1 is 1.35 bits per heavy atom. The third-order valence-electron chi connectivity index (χ3n) is 2.32. The number of rotatable bonds is 6. The summed E-state index contributed by atoms with van der Waals surface area (Å²) in [6.45, 7) is -0.305. The number of imidazole rings is 1. The Morgan fingerprint density at radius 3 is 2.80 bits per heavy atom. The molecule has 2 aromatic heterocycles. The molecular weight excluding hydrogens is 293 g/mol. The molecule has 2 heterocycles. The number of nitrogens with one attached hydrogen (secondary N) is 2. The van der Waals surface area contributed by atoms with Crippen LogP contribution < -0.4 is 17.0 Å². The molecule has 20 heavy (non-hydrogen) atoms. The molecule has 0 aromatic carbocycles. The van der Waals surface area contributed by atoms with Gasteiger partial charge in [0.25, 0.3) is 5.56 Å². The predicted octanol–water partition coefficient (Wildman–Crippen LogP) is -1.63. The second-order valence-electron chi connectivity index (χ2n) is 3.66. The Balaban J connectivity index is 2.14. The molecule has 0 fully saturated rings. The highest BCUT2D eigenvalue weighted by molar-refractivity contribution is 7.32. The maximum Gasteiger partial charge on any atom is 0.329 e. The Labute approximate surface area is 111 Å². The minimum atomic E-state index is -3.00. The number of anilines is 1. The third-order valence-corrected chi connectivity index (χ3v) is 2.78. The van der Waals surface area contributed by atoms with Crippen LogP contribution in [0, 0.1) is 0 Å². The molecule has 0 aliphatic heterocycles. The van der Waals surface area contributed by atoms with Crippen LogP contribution in [0.2, 0.25) is 0 Å². The zero-order valence-corrected chi connectivity index (χ0v) is 11.1. The summed E-state index contributed by atoms with van der Waals surface area (Å²) < 4.78 is 20.8. The summed E-state index contributed by atoms with van der Waals surface area (Å²) in [6, 6.07) is 0. The van der Waals surface area contributed by atoms with Crippen molar-refractivity contribution >= 4 is 25.4 Å². The molecule has 0 radical (unpaired) electrons. The Bertz CT molecular complexity index is 748. The molecule has 0 spiro atoms. The van der Waals surface area contributed by atoms with Crippen molar-refractivity contribution in [2.45, 2.75) is 6.73 Å². The number of hydrogen-bond donors (Lipinski definition) is 4. The lowest BCUT2D eigenvalue weighted by Gasteiger charge is -2.04. The van der Waals surface area contributed by atoms with Gasteiger partial charge in [0.05, 0.1) is 13.2 Å². The highest BCUT2D eigenvalue weighted by Gasteiger charge is 2.12. The molecule has 0 amide bonds. The molecule has 2 aromatic rings. The third kappa shape index (κ3) is 3.14. The summed E-state index contributed by atoms with van der Waals surface area (Å²) in [5, 5.41) is 0. The van der Waals surface area contributed by atoms with Gasteiger partial charge < -0.3 is 19.9 Å². The van der Waals surface area contributed by atoms with Gasteiger partial charge in [-0.3, -0.25) is 23.9 Å². The van der Waals surface area contributed by atoms with Crippen molar-refractivity contribution in [2.75, 3.05) is 18.9 Å². The molecule has 5 N–H and O–H groups in total. The molecule has 1 unspecified atom stereocenters. The average molecular weight is 305 g/mol. The fourth-order valence-electron chi connectivity index (χ4n) is 1.52. The van der Waals surface area contributed by atoms with Crippen LogP contribution >= 0.6 is 8.25 Å². The van der Waals surface area contributed by atoms with Gasteiger partial charge in [0.1, 0.15) is 6.73 Å². The van der Waals surface area contributed by atoms with Crippen molar-refractivity contribution in [1.29, 1.82) is 0 Å². The monoisotopic (exact) mass is 305 g/mol. The first-order chi connectivity index (χ1) is 9.49. The summed E-state index contributed by atoms with van der Waals surface area (Å²) >= 11 is 0. The molecule has 12 heteroatoms.